The van der Waals surface area contributed by atoms with Gasteiger partial charge in [0.25, 0.3) is 0 Å². The Hall–Kier alpha value is -3.53. The molecule has 4 rings (SSSR count). The molecular formula is C22H30CoN2O10+2. The zero-order valence-electron chi connectivity index (χ0n) is 18.8. The summed E-state index contributed by atoms with van der Waals surface area (Å²) < 4.78 is 0. The third-order valence-electron chi connectivity index (χ3n) is 3.62. The van der Waals surface area contributed by atoms with Gasteiger partial charge in [0.15, 0.2) is 0 Å². The number of carboxylic acid groups (broad SMARTS) is 2. The fraction of sp³-hybridized carbons (Fsp3) is 0.0909. The smallest absolute Gasteiger partial charge is 0.543 e. The van der Waals surface area contributed by atoms with E-state index in [0.717, 1.165) is 25.0 Å². The van der Waals surface area contributed by atoms with E-state index in [0.29, 0.717) is 11.0 Å². The van der Waals surface area contributed by atoms with Gasteiger partial charge in [0.1, 0.15) is 0 Å². The Kier molecular flexibility index (Phi) is 26.5. The number of rotatable bonds is 2. The number of carbonyl (C=O) groups is 2. The molecule has 1 radical (unpaired) electrons. The molecule has 0 fully saturated rings. The Morgan fingerprint density at radius 3 is 1.17 bits per heavy atom. The Bertz CT molecular complexity index is 1040. The van der Waals surface area contributed by atoms with Gasteiger partial charge in [-0.1, -0.05) is 48.5 Å². The molecule has 0 bridgehead atoms. The van der Waals surface area contributed by atoms with Gasteiger partial charge in [-0.25, -0.2) is 9.97 Å². The maximum absolute atomic E-state index is 10.5. The quantitative estimate of drug-likeness (QED) is 0.245. The molecule has 2 heterocycles. The van der Waals surface area contributed by atoms with Crippen LogP contribution in [0.3, 0.4) is 0 Å². The number of pyridine rings is 2. The summed E-state index contributed by atoms with van der Waals surface area (Å²) in [6.45, 7) is 0. The Balaban J connectivity index is -0.000000133. The van der Waals surface area contributed by atoms with E-state index in [1.54, 1.807) is 24.3 Å². The fourth-order valence-corrected chi connectivity index (χ4v) is 2.36. The second-order valence-corrected chi connectivity index (χ2v) is 5.35. The predicted octanol–water partition coefficient (Wildman–Crippen LogP) is -3.08. The summed E-state index contributed by atoms with van der Waals surface area (Å²) in [5.74, 6) is -2.49. The van der Waals surface area contributed by atoms with E-state index in [-0.39, 0.29) is 50.1 Å². The van der Waals surface area contributed by atoms with Crippen LogP contribution in [-0.4, -0.2) is 57.3 Å². The standard InChI is InChI=1S/2C10H7NO2.2CH4O.Co.4H2O/c2*12-10(13)9-6-5-7-3-1-2-4-8(7)11-9;2*1-2;;;;;/h2*1-6H,(H,12,13);2*2H,1H3;;4*1H2/q;;;;+2;;;;. The van der Waals surface area contributed by atoms with Crippen molar-refractivity contribution in [3.8, 4) is 0 Å². The molecule has 12 nitrogen and oxygen atoms in total. The molecule has 0 spiro atoms. The van der Waals surface area contributed by atoms with Crippen LogP contribution in [0.25, 0.3) is 21.8 Å². The van der Waals surface area contributed by atoms with E-state index in [4.69, 9.17) is 10.2 Å². The van der Waals surface area contributed by atoms with E-state index in [2.05, 4.69) is 9.97 Å². The summed E-state index contributed by atoms with van der Waals surface area (Å²) in [4.78, 5) is 28.8. The third-order valence-corrected chi connectivity index (χ3v) is 3.62. The zero-order chi connectivity index (χ0) is 22.5. The van der Waals surface area contributed by atoms with E-state index in [9.17, 15) is 19.8 Å². The number of carbonyl (C=O) groups excluding carboxylic acids is 2. The van der Waals surface area contributed by atoms with Crippen molar-refractivity contribution in [3.05, 3.63) is 84.2 Å². The van der Waals surface area contributed by atoms with Crippen LogP contribution >= 0.6 is 0 Å². The van der Waals surface area contributed by atoms with Crippen molar-refractivity contribution < 1.29 is 68.7 Å². The van der Waals surface area contributed by atoms with Crippen LogP contribution in [-0.2, 0) is 27.7 Å². The molecule has 2 aromatic heterocycles. The predicted molar refractivity (Wildman–Crippen MR) is 125 cm³/mol. The summed E-state index contributed by atoms with van der Waals surface area (Å²) in [6.07, 6.45) is 0. The van der Waals surface area contributed by atoms with Crippen molar-refractivity contribution in [1.82, 2.24) is 9.97 Å². The molecule has 12 N–H and O–H groups in total. The van der Waals surface area contributed by atoms with Gasteiger partial charge in [-0.2, -0.15) is 0 Å². The SMILES string of the molecule is CO.CO.O.O.O=C([O-])c1ccc2ccccc2n1.O=C([O-])c1ccc2ccccc2n1.[Co+2].[OH3+].[OH3+]. The first kappa shape index (κ1) is 41.7. The van der Waals surface area contributed by atoms with Crippen LogP contribution in [0.1, 0.15) is 21.0 Å². The first-order valence-corrected chi connectivity index (χ1v) is 8.58. The molecule has 35 heavy (non-hydrogen) atoms. The van der Waals surface area contributed by atoms with Gasteiger partial charge < -0.3 is 51.9 Å². The van der Waals surface area contributed by atoms with Gasteiger partial charge in [-0.05, 0) is 24.3 Å². The Morgan fingerprint density at radius 1 is 0.600 bits per heavy atom. The number of carboxylic acids is 2. The normalized spacial score (nSPS) is 7.89. The van der Waals surface area contributed by atoms with Crippen molar-refractivity contribution in [1.29, 1.82) is 0 Å². The summed E-state index contributed by atoms with van der Waals surface area (Å²) in [5.41, 5.74) is 1.28. The summed E-state index contributed by atoms with van der Waals surface area (Å²) in [5, 5.41) is 36.8. The van der Waals surface area contributed by atoms with Gasteiger partial charge in [0, 0.05) is 25.0 Å². The monoisotopic (exact) mass is 541 g/mol. The summed E-state index contributed by atoms with van der Waals surface area (Å²) in [6, 6.07) is 21.0. The average Bonchev–Trinajstić information content (AvgIpc) is 2.81. The van der Waals surface area contributed by atoms with E-state index in [1.807, 2.05) is 36.4 Å². The molecule has 0 saturated heterocycles. The second kappa shape index (κ2) is 22.3. The van der Waals surface area contributed by atoms with Gasteiger partial charge >= 0.3 is 16.8 Å². The molecule has 0 unspecified atom stereocenters. The Morgan fingerprint density at radius 2 is 0.886 bits per heavy atom. The molecule has 0 aliphatic heterocycles. The number of para-hydroxylation sites is 2. The van der Waals surface area contributed by atoms with Crippen LogP contribution < -0.4 is 10.2 Å². The minimum absolute atomic E-state index is 0. The topological polar surface area (TPSA) is 276 Å². The van der Waals surface area contributed by atoms with E-state index in [1.165, 1.54) is 12.1 Å². The molecule has 4 aromatic rings. The fourth-order valence-electron chi connectivity index (χ4n) is 2.36. The van der Waals surface area contributed by atoms with Crippen LogP contribution in [0.2, 0.25) is 0 Å². The molecule has 195 valence electrons. The van der Waals surface area contributed by atoms with Gasteiger partial charge in [0.2, 0.25) is 0 Å². The van der Waals surface area contributed by atoms with Crippen molar-refractivity contribution in [3.63, 3.8) is 0 Å². The Labute approximate surface area is 211 Å². The third kappa shape index (κ3) is 12.5. The summed E-state index contributed by atoms with van der Waals surface area (Å²) in [7, 11) is 2.00. The maximum atomic E-state index is 10.5. The number of hydrogen-bond donors (Lipinski definition) is 2. The number of aliphatic hydroxyl groups is 2. The molecule has 13 heteroatoms. The minimum Gasteiger partial charge on any atom is -0.543 e. The number of aliphatic hydroxyl groups excluding tert-OH is 2. The maximum Gasteiger partial charge on any atom is 2.00 e. The number of nitrogens with zero attached hydrogens (tertiary/aromatic N) is 2. The van der Waals surface area contributed by atoms with Crippen molar-refractivity contribution in [2.75, 3.05) is 14.2 Å². The first-order chi connectivity index (χ1) is 14.5. The zero-order valence-corrected chi connectivity index (χ0v) is 19.9. The average molecular weight is 541 g/mol. The van der Waals surface area contributed by atoms with Gasteiger partial charge in [-0.3, -0.25) is 0 Å². The molecular weight excluding hydrogens is 511 g/mol. The van der Waals surface area contributed by atoms with E-state index >= 15 is 0 Å². The van der Waals surface area contributed by atoms with Gasteiger partial charge in [0.05, 0.1) is 34.4 Å². The van der Waals surface area contributed by atoms with Crippen LogP contribution in [0.15, 0.2) is 72.8 Å². The largest absolute Gasteiger partial charge is 2.00 e. The number of fused-ring (bicyclic) bond motifs is 2. The number of benzene rings is 2. The molecule has 0 aliphatic rings. The number of aromatic nitrogens is 2. The molecule has 2 aromatic carbocycles. The second-order valence-electron chi connectivity index (χ2n) is 5.35. The van der Waals surface area contributed by atoms with E-state index < -0.39 is 11.9 Å². The van der Waals surface area contributed by atoms with Crippen molar-refractivity contribution in [2.45, 2.75) is 0 Å². The summed E-state index contributed by atoms with van der Waals surface area (Å²) >= 11 is 0. The molecule has 0 aliphatic carbocycles. The number of aromatic carboxylic acids is 2. The molecule has 0 atom stereocenters. The first-order valence-electron chi connectivity index (χ1n) is 8.58. The molecule has 0 amide bonds. The number of hydrogen-bond acceptors (Lipinski definition) is 8. The van der Waals surface area contributed by atoms with Gasteiger partial charge in [-0.15, -0.1) is 0 Å². The molecule has 0 saturated carbocycles. The minimum atomic E-state index is -1.24. The van der Waals surface area contributed by atoms with Crippen LogP contribution in [0.5, 0.6) is 0 Å². The van der Waals surface area contributed by atoms with Crippen LogP contribution in [0, 0.1) is 0 Å². The van der Waals surface area contributed by atoms with Crippen LogP contribution in [0.4, 0.5) is 0 Å². The van der Waals surface area contributed by atoms with Crippen molar-refractivity contribution in [2.24, 2.45) is 0 Å². The van der Waals surface area contributed by atoms with Crippen molar-refractivity contribution >= 4 is 33.7 Å².